The molecule has 0 bridgehead atoms. The Labute approximate surface area is 166 Å². The first-order valence-electron chi connectivity index (χ1n) is 9.80. The van der Waals surface area contributed by atoms with Gasteiger partial charge in [0, 0.05) is 32.6 Å². The first-order valence-corrected chi connectivity index (χ1v) is 9.80. The topological polar surface area (TPSA) is 95.7 Å². The highest BCUT2D eigenvalue weighted by molar-refractivity contribution is 5.91. The molecule has 3 N–H and O–H groups in total. The molecule has 3 amide bonds. The van der Waals surface area contributed by atoms with Crippen LogP contribution in [0.3, 0.4) is 0 Å². The first-order chi connectivity index (χ1) is 13.1. The normalized spacial score (nSPS) is 25.3. The molecular formula is C21H30N4O3. The van der Waals surface area contributed by atoms with Crippen molar-refractivity contribution in [2.75, 3.05) is 33.2 Å². The molecule has 7 heteroatoms. The van der Waals surface area contributed by atoms with Gasteiger partial charge in [-0.25, -0.2) is 0 Å². The fourth-order valence-electron chi connectivity index (χ4n) is 4.42. The number of hydrogen-bond donors (Lipinski definition) is 2. The van der Waals surface area contributed by atoms with Gasteiger partial charge in [-0.15, -0.1) is 0 Å². The van der Waals surface area contributed by atoms with Crippen molar-refractivity contribution >= 4 is 17.7 Å². The van der Waals surface area contributed by atoms with Gasteiger partial charge < -0.3 is 20.9 Å². The van der Waals surface area contributed by atoms with Gasteiger partial charge in [-0.2, -0.15) is 0 Å². The molecule has 28 heavy (non-hydrogen) atoms. The standard InChI is InChI=1S/C21H30N4O3/c1-20(2,22)18(27)23-12-17(26)25-11-7-10-21(14-25)16(13-24(3)19(21)28)15-8-5-4-6-9-15/h4-6,8-9,16H,7,10-14,22H2,1-3H3,(H,23,27). The Kier molecular flexibility index (Phi) is 5.48. The third-order valence-electron chi connectivity index (χ3n) is 5.96. The lowest BCUT2D eigenvalue weighted by Crippen LogP contribution is -2.55. The van der Waals surface area contributed by atoms with Crippen molar-refractivity contribution in [2.24, 2.45) is 11.1 Å². The van der Waals surface area contributed by atoms with Crippen LogP contribution >= 0.6 is 0 Å². The van der Waals surface area contributed by atoms with Crippen LogP contribution in [-0.4, -0.2) is 66.3 Å². The highest BCUT2D eigenvalue weighted by Crippen LogP contribution is 2.49. The van der Waals surface area contributed by atoms with E-state index in [9.17, 15) is 14.4 Å². The van der Waals surface area contributed by atoms with Crippen molar-refractivity contribution in [3.8, 4) is 0 Å². The fourth-order valence-corrected chi connectivity index (χ4v) is 4.42. The second-order valence-corrected chi connectivity index (χ2v) is 8.63. The summed E-state index contributed by atoms with van der Waals surface area (Å²) in [5, 5.41) is 2.61. The predicted molar refractivity (Wildman–Crippen MR) is 106 cm³/mol. The minimum Gasteiger partial charge on any atom is -0.345 e. The van der Waals surface area contributed by atoms with Gasteiger partial charge in [-0.3, -0.25) is 14.4 Å². The van der Waals surface area contributed by atoms with Gasteiger partial charge in [0.1, 0.15) is 0 Å². The monoisotopic (exact) mass is 386 g/mol. The number of hydrogen-bond acceptors (Lipinski definition) is 4. The summed E-state index contributed by atoms with van der Waals surface area (Å²) >= 11 is 0. The molecule has 1 aromatic rings. The quantitative estimate of drug-likeness (QED) is 0.796. The molecule has 7 nitrogen and oxygen atoms in total. The molecule has 0 saturated carbocycles. The zero-order chi connectivity index (χ0) is 20.5. The number of likely N-dealkylation sites (tertiary alicyclic amines) is 2. The highest BCUT2D eigenvalue weighted by Gasteiger charge is 2.55. The van der Waals surface area contributed by atoms with E-state index < -0.39 is 11.0 Å². The summed E-state index contributed by atoms with van der Waals surface area (Å²) in [6.45, 7) is 4.73. The van der Waals surface area contributed by atoms with Crippen LogP contribution in [-0.2, 0) is 14.4 Å². The number of nitrogens with two attached hydrogens (primary N) is 1. The van der Waals surface area contributed by atoms with Gasteiger partial charge in [0.15, 0.2) is 0 Å². The molecule has 2 aliphatic heterocycles. The van der Waals surface area contributed by atoms with Crippen molar-refractivity contribution in [1.29, 1.82) is 0 Å². The van der Waals surface area contributed by atoms with Crippen LogP contribution in [0.1, 0.15) is 38.2 Å². The average molecular weight is 386 g/mol. The predicted octanol–water partition coefficient (Wildman–Crippen LogP) is 0.705. The van der Waals surface area contributed by atoms with Gasteiger partial charge in [-0.05, 0) is 32.3 Å². The van der Waals surface area contributed by atoms with E-state index in [1.165, 1.54) is 0 Å². The zero-order valence-corrected chi connectivity index (χ0v) is 16.9. The van der Waals surface area contributed by atoms with Crippen LogP contribution in [0.2, 0.25) is 0 Å². The van der Waals surface area contributed by atoms with E-state index in [1.807, 2.05) is 25.2 Å². The number of carbonyl (C=O) groups excluding carboxylic acids is 3. The fraction of sp³-hybridized carbons (Fsp3) is 0.571. The van der Waals surface area contributed by atoms with Crippen molar-refractivity contribution in [2.45, 2.75) is 38.1 Å². The van der Waals surface area contributed by atoms with Crippen LogP contribution in [0, 0.1) is 5.41 Å². The van der Waals surface area contributed by atoms with Crippen LogP contribution in [0.15, 0.2) is 30.3 Å². The largest absolute Gasteiger partial charge is 0.345 e. The Balaban J connectivity index is 1.77. The Morgan fingerprint density at radius 3 is 2.61 bits per heavy atom. The SMILES string of the molecule is CN1CC(c2ccccc2)C2(CCCN(C(=O)CNC(=O)C(C)(C)N)C2)C1=O. The third kappa shape index (κ3) is 3.76. The Hall–Kier alpha value is -2.41. The molecule has 1 aromatic carbocycles. The number of carbonyl (C=O) groups is 3. The molecule has 2 unspecified atom stereocenters. The van der Waals surface area contributed by atoms with E-state index in [4.69, 9.17) is 5.73 Å². The molecule has 152 valence electrons. The molecule has 2 heterocycles. The second kappa shape index (κ2) is 7.54. The molecule has 0 aliphatic carbocycles. The third-order valence-corrected chi connectivity index (χ3v) is 5.96. The summed E-state index contributed by atoms with van der Waals surface area (Å²) in [7, 11) is 1.83. The van der Waals surface area contributed by atoms with Gasteiger partial charge in [-0.1, -0.05) is 30.3 Å². The van der Waals surface area contributed by atoms with E-state index in [-0.39, 0.29) is 30.2 Å². The summed E-state index contributed by atoms with van der Waals surface area (Å²) in [6, 6.07) is 10.1. The van der Waals surface area contributed by atoms with Gasteiger partial charge in [0.05, 0.1) is 17.5 Å². The van der Waals surface area contributed by atoms with Crippen LogP contribution in [0.5, 0.6) is 0 Å². The van der Waals surface area contributed by atoms with Gasteiger partial charge in [0.25, 0.3) is 0 Å². The number of nitrogens with zero attached hydrogens (tertiary/aromatic N) is 2. The first kappa shape index (κ1) is 20.3. The van der Waals surface area contributed by atoms with Crippen molar-refractivity contribution < 1.29 is 14.4 Å². The second-order valence-electron chi connectivity index (χ2n) is 8.63. The molecule has 2 aliphatic rings. The number of nitrogens with one attached hydrogen (secondary N) is 1. The molecule has 2 fully saturated rings. The Morgan fingerprint density at radius 2 is 1.96 bits per heavy atom. The van der Waals surface area contributed by atoms with Crippen molar-refractivity contribution in [3.05, 3.63) is 35.9 Å². The van der Waals surface area contributed by atoms with E-state index >= 15 is 0 Å². The lowest BCUT2D eigenvalue weighted by molar-refractivity contribution is -0.143. The van der Waals surface area contributed by atoms with Crippen LogP contribution < -0.4 is 11.1 Å². The number of amides is 3. The van der Waals surface area contributed by atoms with Gasteiger partial charge >= 0.3 is 0 Å². The lowest BCUT2D eigenvalue weighted by atomic mass is 9.69. The maximum absolute atomic E-state index is 13.1. The van der Waals surface area contributed by atoms with E-state index in [1.54, 1.807) is 23.6 Å². The maximum Gasteiger partial charge on any atom is 0.241 e. The average Bonchev–Trinajstić information content (AvgIpc) is 2.90. The molecule has 0 radical (unpaired) electrons. The minimum atomic E-state index is -1.04. The lowest BCUT2D eigenvalue weighted by Gasteiger charge is -2.42. The van der Waals surface area contributed by atoms with E-state index in [2.05, 4.69) is 17.4 Å². The molecule has 0 aromatic heterocycles. The number of likely N-dealkylation sites (N-methyl/N-ethyl adjacent to an activating group) is 1. The summed E-state index contributed by atoms with van der Waals surface area (Å²) in [6.07, 6.45) is 1.53. The number of rotatable bonds is 4. The number of benzene rings is 1. The number of piperidine rings is 1. The van der Waals surface area contributed by atoms with Crippen LogP contribution in [0.25, 0.3) is 0 Å². The Bertz CT molecular complexity index is 759. The van der Waals surface area contributed by atoms with E-state index in [0.29, 0.717) is 19.6 Å². The highest BCUT2D eigenvalue weighted by atomic mass is 16.2. The zero-order valence-electron chi connectivity index (χ0n) is 16.9. The maximum atomic E-state index is 13.1. The Morgan fingerprint density at radius 1 is 1.29 bits per heavy atom. The van der Waals surface area contributed by atoms with Gasteiger partial charge in [0.2, 0.25) is 17.7 Å². The van der Waals surface area contributed by atoms with Crippen LogP contribution in [0.4, 0.5) is 0 Å². The van der Waals surface area contributed by atoms with Crippen molar-refractivity contribution in [1.82, 2.24) is 15.1 Å². The summed E-state index contributed by atoms with van der Waals surface area (Å²) < 4.78 is 0. The molecule has 1 spiro atoms. The van der Waals surface area contributed by atoms with E-state index in [0.717, 1.165) is 18.4 Å². The minimum absolute atomic E-state index is 0.0550. The molecule has 2 atom stereocenters. The molecular weight excluding hydrogens is 356 g/mol. The summed E-state index contributed by atoms with van der Waals surface area (Å²) in [5.74, 6) is -0.386. The van der Waals surface area contributed by atoms with Crippen molar-refractivity contribution in [3.63, 3.8) is 0 Å². The summed E-state index contributed by atoms with van der Waals surface area (Å²) in [5.41, 5.74) is 5.27. The summed E-state index contributed by atoms with van der Waals surface area (Å²) in [4.78, 5) is 41.4. The smallest absolute Gasteiger partial charge is 0.241 e. The molecule has 3 rings (SSSR count). The molecule has 2 saturated heterocycles.